The Balaban J connectivity index is 1.27. The molecule has 1 aliphatic rings. The first kappa shape index (κ1) is 25.4. The number of pyridine rings is 1. The average Bonchev–Trinajstić information content (AvgIpc) is 3.54. The van der Waals surface area contributed by atoms with Crippen LogP contribution in [0.1, 0.15) is 32.7 Å². The van der Waals surface area contributed by atoms with Gasteiger partial charge in [-0.2, -0.15) is 5.10 Å². The fraction of sp³-hybridized carbons (Fsp3) is 0.214. The van der Waals surface area contributed by atoms with Crippen molar-refractivity contribution in [1.82, 2.24) is 25.0 Å². The third kappa shape index (κ3) is 5.10. The number of likely N-dealkylation sites (tertiary alicyclic amines) is 1. The van der Waals surface area contributed by atoms with Crippen LogP contribution in [0.3, 0.4) is 0 Å². The van der Waals surface area contributed by atoms with Gasteiger partial charge in [-0.15, -0.1) is 0 Å². The van der Waals surface area contributed by atoms with Crippen LogP contribution in [0.15, 0.2) is 61.1 Å². The second-order valence-electron chi connectivity index (χ2n) is 9.42. The van der Waals surface area contributed by atoms with E-state index in [0.29, 0.717) is 35.7 Å². The van der Waals surface area contributed by atoms with Crippen LogP contribution in [-0.4, -0.2) is 50.6 Å². The highest BCUT2D eigenvalue weighted by Crippen LogP contribution is 2.30. The van der Waals surface area contributed by atoms with E-state index in [4.69, 9.17) is 17.3 Å². The van der Waals surface area contributed by atoms with Crippen molar-refractivity contribution in [2.75, 3.05) is 18.8 Å². The van der Waals surface area contributed by atoms with Gasteiger partial charge in [0.25, 0.3) is 11.8 Å². The van der Waals surface area contributed by atoms with Gasteiger partial charge in [-0.05, 0) is 54.8 Å². The molecule has 1 fully saturated rings. The Morgan fingerprint density at radius 3 is 2.63 bits per heavy atom. The quantitative estimate of drug-likeness (QED) is 0.394. The summed E-state index contributed by atoms with van der Waals surface area (Å²) in [7, 11) is 1.81. The van der Waals surface area contributed by atoms with Crippen LogP contribution < -0.4 is 11.1 Å². The van der Waals surface area contributed by atoms with Gasteiger partial charge in [-0.3, -0.25) is 14.3 Å². The standard InChI is InChI=1S/C28H26ClFN6O2/c1-16-9-17(23-11-20(30)4-6-25(23)29)3-5-22(16)28(38)36-8-7-21(15-36)34-27(37)24-10-18(12-32-26(24)31)19-13-33-35(2)14-19/h3-6,9-14,21H,7-8,15H2,1-2H3,(H2,31,32)(H,34,37)/t21-/m1/s1. The minimum atomic E-state index is -0.381. The number of hydrogen-bond acceptors (Lipinski definition) is 5. The number of anilines is 1. The van der Waals surface area contributed by atoms with Crippen LogP contribution in [0, 0.1) is 12.7 Å². The van der Waals surface area contributed by atoms with Gasteiger partial charge in [-0.25, -0.2) is 9.37 Å². The minimum absolute atomic E-state index is 0.129. The number of benzene rings is 2. The van der Waals surface area contributed by atoms with Crippen molar-refractivity contribution in [3.8, 4) is 22.3 Å². The topological polar surface area (TPSA) is 106 Å². The Kier molecular flexibility index (Phi) is 6.86. The molecule has 4 aromatic rings. The van der Waals surface area contributed by atoms with E-state index in [0.717, 1.165) is 22.3 Å². The van der Waals surface area contributed by atoms with Gasteiger partial charge in [0.2, 0.25) is 0 Å². The zero-order chi connectivity index (χ0) is 27.0. The van der Waals surface area contributed by atoms with E-state index >= 15 is 0 Å². The first-order valence-corrected chi connectivity index (χ1v) is 12.5. The summed E-state index contributed by atoms with van der Waals surface area (Å²) in [6, 6.07) is 11.0. The summed E-state index contributed by atoms with van der Waals surface area (Å²) >= 11 is 6.25. The molecule has 5 rings (SSSR count). The smallest absolute Gasteiger partial charge is 0.255 e. The van der Waals surface area contributed by atoms with Crippen LogP contribution in [0.2, 0.25) is 5.02 Å². The van der Waals surface area contributed by atoms with Crippen molar-refractivity contribution in [1.29, 1.82) is 0 Å². The fourth-order valence-corrected chi connectivity index (χ4v) is 4.90. The molecule has 194 valence electrons. The van der Waals surface area contributed by atoms with Crippen LogP contribution in [0.4, 0.5) is 10.2 Å². The summed E-state index contributed by atoms with van der Waals surface area (Å²) in [4.78, 5) is 32.2. The number of amides is 2. The number of rotatable bonds is 5. The molecule has 0 bridgehead atoms. The molecule has 3 N–H and O–H groups in total. The molecule has 0 unspecified atom stereocenters. The van der Waals surface area contributed by atoms with Crippen molar-refractivity contribution in [3.05, 3.63) is 88.6 Å². The summed E-state index contributed by atoms with van der Waals surface area (Å²) in [6.07, 6.45) is 5.74. The van der Waals surface area contributed by atoms with E-state index < -0.39 is 0 Å². The van der Waals surface area contributed by atoms with Crippen LogP contribution >= 0.6 is 11.6 Å². The molecule has 2 aromatic heterocycles. The summed E-state index contributed by atoms with van der Waals surface area (Å²) < 4.78 is 15.4. The lowest BCUT2D eigenvalue weighted by Crippen LogP contribution is -2.39. The number of carbonyl (C=O) groups excluding carboxylic acids is 2. The Bertz CT molecular complexity index is 1550. The Morgan fingerprint density at radius 1 is 1.08 bits per heavy atom. The van der Waals surface area contributed by atoms with Crippen molar-refractivity contribution >= 4 is 29.2 Å². The Morgan fingerprint density at radius 2 is 1.89 bits per heavy atom. The van der Waals surface area contributed by atoms with Crippen LogP contribution in [-0.2, 0) is 7.05 Å². The van der Waals surface area contributed by atoms with Crippen molar-refractivity contribution in [2.24, 2.45) is 7.05 Å². The van der Waals surface area contributed by atoms with Gasteiger partial charge in [0.1, 0.15) is 11.6 Å². The molecule has 2 aromatic carbocycles. The molecular weight excluding hydrogens is 507 g/mol. The number of nitrogens with zero attached hydrogens (tertiary/aromatic N) is 4. The normalized spacial score (nSPS) is 15.1. The number of carbonyl (C=O) groups is 2. The molecule has 38 heavy (non-hydrogen) atoms. The van der Waals surface area contributed by atoms with Gasteiger partial charge >= 0.3 is 0 Å². The lowest BCUT2D eigenvalue weighted by atomic mass is 9.99. The number of nitrogens with two attached hydrogens (primary N) is 1. The molecule has 10 heteroatoms. The largest absolute Gasteiger partial charge is 0.383 e. The third-order valence-electron chi connectivity index (χ3n) is 6.71. The highest BCUT2D eigenvalue weighted by Gasteiger charge is 2.29. The fourth-order valence-electron chi connectivity index (χ4n) is 4.67. The SMILES string of the molecule is Cc1cc(-c2cc(F)ccc2Cl)ccc1C(=O)N1CC[C@@H](NC(=O)c2cc(-c3cnn(C)c3)cnc2N)C1. The molecule has 0 radical (unpaired) electrons. The first-order chi connectivity index (χ1) is 18.2. The molecule has 8 nitrogen and oxygen atoms in total. The molecule has 1 atom stereocenters. The maximum absolute atomic E-state index is 13.7. The number of aromatic nitrogens is 3. The van der Waals surface area contributed by atoms with E-state index in [1.54, 1.807) is 40.2 Å². The second kappa shape index (κ2) is 10.3. The molecular formula is C28H26ClFN6O2. The second-order valence-corrected chi connectivity index (χ2v) is 9.83. The van der Waals surface area contributed by atoms with Gasteiger partial charge in [0, 0.05) is 65.8 Å². The van der Waals surface area contributed by atoms with Crippen molar-refractivity contribution in [2.45, 2.75) is 19.4 Å². The number of nitrogen functional groups attached to an aromatic ring is 1. The van der Waals surface area contributed by atoms with Crippen LogP contribution in [0.5, 0.6) is 0 Å². The Hall–Kier alpha value is -4.24. The Labute approximate surface area is 224 Å². The molecule has 0 aliphatic carbocycles. The first-order valence-electron chi connectivity index (χ1n) is 12.1. The van der Waals surface area contributed by atoms with Gasteiger partial charge in [0.05, 0.1) is 11.8 Å². The maximum atomic E-state index is 13.7. The van der Waals surface area contributed by atoms with Gasteiger partial charge in [-0.1, -0.05) is 23.7 Å². The minimum Gasteiger partial charge on any atom is -0.383 e. The average molecular weight is 533 g/mol. The lowest BCUT2D eigenvalue weighted by molar-refractivity contribution is 0.0782. The zero-order valence-electron chi connectivity index (χ0n) is 20.9. The highest BCUT2D eigenvalue weighted by atomic mass is 35.5. The number of nitrogens with one attached hydrogen (secondary N) is 1. The number of hydrogen-bond donors (Lipinski definition) is 2. The van der Waals surface area contributed by atoms with Crippen LogP contribution in [0.25, 0.3) is 22.3 Å². The predicted octanol–water partition coefficient (Wildman–Crippen LogP) is 4.48. The third-order valence-corrected chi connectivity index (χ3v) is 7.04. The predicted molar refractivity (Wildman–Crippen MR) is 144 cm³/mol. The van der Waals surface area contributed by atoms with E-state index in [-0.39, 0.29) is 35.1 Å². The number of aryl methyl sites for hydroxylation is 2. The summed E-state index contributed by atoms with van der Waals surface area (Å²) in [5.74, 6) is -0.715. The van der Waals surface area contributed by atoms with E-state index in [1.165, 1.54) is 18.2 Å². The lowest BCUT2D eigenvalue weighted by Gasteiger charge is -2.19. The summed E-state index contributed by atoms with van der Waals surface area (Å²) in [5.41, 5.74) is 10.4. The molecule has 0 spiro atoms. The number of halogens is 2. The highest BCUT2D eigenvalue weighted by molar-refractivity contribution is 6.33. The zero-order valence-corrected chi connectivity index (χ0v) is 21.7. The van der Waals surface area contributed by atoms with E-state index in [2.05, 4.69) is 15.4 Å². The maximum Gasteiger partial charge on any atom is 0.255 e. The summed E-state index contributed by atoms with van der Waals surface area (Å²) in [5, 5.41) is 7.58. The molecule has 3 heterocycles. The monoisotopic (exact) mass is 532 g/mol. The molecule has 0 saturated carbocycles. The molecule has 2 amide bonds. The molecule has 1 saturated heterocycles. The van der Waals surface area contributed by atoms with E-state index in [9.17, 15) is 14.0 Å². The van der Waals surface area contributed by atoms with Gasteiger partial charge < -0.3 is 16.0 Å². The molecule has 1 aliphatic heterocycles. The van der Waals surface area contributed by atoms with Crippen molar-refractivity contribution in [3.63, 3.8) is 0 Å². The van der Waals surface area contributed by atoms with E-state index in [1.807, 2.05) is 26.2 Å². The van der Waals surface area contributed by atoms with Gasteiger partial charge in [0.15, 0.2) is 0 Å². The summed E-state index contributed by atoms with van der Waals surface area (Å²) in [6.45, 7) is 2.71. The van der Waals surface area contributed by atoms with Crippen molar-refractivity contribution < 1.29 is 14.0 Å².